The summed E-state index contributed by atoms with van der Waals surface area (Å²) in [7, 11) is 0. The van der Waals surface area contributed by atoms with Crippen LogP contribution in [-0.2, 0) is 12.0 Å². The molecule has 0 amide bonds. The zero-order chi connectivity index (χ0) is 20.6. The summed E-state index contributed by atoms with van der Waals surface area (Å²) < 4.78 is 0. The summed E-state index contributed by atoms with van der Waals surface area (Å²) in [4.78, 5) is 12.0. The third-order valence-corrected chi connectivity index (χ3v) is 5.60. The average Bonchev–Trinajstić information content (AvgIpc) is 2.67. The number of benzene rings is 2. The first-order valence-corrected chi connectivity index (χ1v) is 10.4. The van der Waals surface area contributed by atoms with Gasteiger partial charge in [0.15, 0.2) is 0 Å². The van der Waals surface area contributed by atoms with Crippen molar-refractivity contribution in [2.24, 2.45) is 0 Å². The molecule has 0 radical (unpaired) electrons. The fourth-order valence-electron chi connectivity index (χ4n) is 3.96. The molecule has 1 N–H and O–H groups in total. The van der Waals surface area contributed by atoms with E-state index in [1.165, 1.54) is 11.1 Å². The lowest BCUT2D eigenvalue weighted by molar-refractivity contribution is 0.474. The minimum absolute atomic E-state index is 0.0539. The summed E-state index contributed by atoms with van der Waals surface area (Å²) in [5.41, 5.74) is 3.75. The highest BCUT2D eigenvalue weighted by Gasteiger charge is 2.32. The fraction of sp³-hybridized carbons (Fsp3) is 0.333. The van der Waals surface area contributed by atoms with Gasteiger partial charge in [-0.3, -0.25) is 0 Å². The summed E-state index contributed by atoms with van der Waals surface area (Å²) in [6.45, 7) is 10.6. The summed E-state index contributed by atoms with van der Waals surface area (Å²) in [6, 6.07) is 18.4. The van der Waals surface area contributed by atoms with Crippen LogP contribution in [0.5, 0.6) is 0 Å². The highest BCUT2D eigenvalue weighted by molar-refractivity contribution is 6.30. The zero-order valence-corrected chi connectivity index (χ0v) is 18.2. The normalized spacial score (nSPS) is 15.3. The van der Waals surface area contributed by atoms with Gasteiger partial charge in [0, 0.05) is 41.2 Å². The molecule has 29 heavy (non-hydrogen) atoms. The van der Waals surface area contributed by atoms with Gasteiger partial charge in [0.25, 0.3) is 0 Å². The maximum atomic E-state index is 6.14. The van der Waals surface area contributed by atoms with Gasteiger partial charge in [-0.15, -0.1) is 0 Å². The molecule has 150 valence electrons. The smallest absolute Gasteiger partial charge is 0.136 e. The summed E-state index contributed by atoms with van der Waals surface area (Å²) in [5, 5.41) is 4.09. The first-order valence-electron chi connectivity index (χ1n) is 10.1. The molecule has 4 rings (SSSR count). The van der Waals surface area contributed by atoms with Crippen LogP contribution in [-0.4, -0.2) is 16.5 Å². The number of nitrogens with zero attached hydrogens (tertiary/aromatic N) is 3. The van der Waals surface area contributed by atoms with Crippen molar-refractivity contribution < 1.29 is 0 Å². The van der Waals surface area contributed by atoms with Gasteiger partial charge in [-0.05, 0) is 29.3 Å². The van der Waals surface area contributed by atoms with Crippen molar-refractivity contribution in [3.63, 3.8) is 0 Å². The second-order valence-electron chi connectivity index (χ2n) is 8.66. The highest BCUT2D eigenvalue weighted by Crippen LogP contribution is 2.36. The molecule has 5 heteroatoms. The Kier molecular flexibility index (Phi) is 5.22. The highest BCUT2D eigenvalue weighted by atomic mass is 35.5. The Bertz CT molecular complexity index is 1030. The molecule has 0 saturated heterocycles. The lowest BCUT2D eigenvalue weighted by Crippen LogP contribution is -2.42. The van der Waals surface area contributed by atoms with Crippen LogP contribution in [0.25, 0.3) is 0 Å². The predicted octanol–water partition coefficient (Wildman–Crippen LogP) is 6.29. The maximum absolute atomic E-state index is 6.14. The van der Waals surface area contributed by atoms with E-state index in [2.05, 4.69) is 62.2 Å². The number of anilines is 3. The van der Waals surface area contributed by atoms with Crippen molar-refractivity contribution in [1.29, 1.82) is 0 Å². The van der Waals surface area contributed by atoms with Crippen LogP contribution < -0.4 is 10.2 Å². The van der Waals surface area contributed by atoms with Crippen LogP contribution in [0.2, 0.25) is 5.02 Å². The van der Waals surface area contributed by atoms with E-state index in [1.807, 2.05) is 30.3 Å². The monoisotopic (exact) mass is 406 g/mol. The molecule has 4 nitrogen and oxygen atoms in total. The van der Waals surface area contributed by atoms with Gasteiger partial charge in [0.1, 0.15) is 17.5 Å². The Morgan fingerprint density at radius 2 is 1.83 bits per heavy atom. The second-order valence-corrected chi connectivity index (χ2v) is 9.09. The third-order valence-electron chi connectivity index (χ3n) is 5.36. The van der Waals surface area contributed by atoms with Crippen LogP contribution in [0.4, 0.5) is 17.3 Å². The average molecular weight is 407 g/mol. The Labute approximate surface area is 178 Å². The Hall–Kier alpha value is -2.59. The van der Waals surface area contributed by atoms with Crippen LogP contribution >= 0.6 is 11.6 Å². The van der Waals surface area contributed by atoms with Gasteiger partial charge in [-0.25, -0.2) is 9.97 Å². The van der Waals surface area contributed by atoms with E-state index in [4.69, 9.17) is 21.6 Å². The van der Waals surface area contributed by atoms with E-state index in [0.29, 0.717) is 5.02 Å². The SMILES string of the molecule is CC(C)c1nc(Nc2cccc(Cl)c2)cc(N2Cc3ccccc3C(C)(C)C2)n1. The minimum atomic E-state index is 0.0539. The van der Waals surface area contributed by atoms with E-state index in [9.17, 15) is 0 Å². The van der Waals surface area contributed by atoms with Crippen LogP contribution in [0, 0.1) is 0 Å². The number of hydrogen-bond donors (Lipinski definition) is 1. The topological polar surface area (TPSA) is 41.1 Å². The third kappa shape index (κ3) is 4.23. The van der Waals surface area contributed by atoms with Gasteiger partial charge in [0.2, 0.25) is 0 Å². The number of halogens is 1. The van der Waals surface area contributed by atoms with E-state index in [0.717, 1.165) is 36.2 Å². The molecule has 0 spiro atoms. The summed E-state index contributed by atoms with van der Waals surface area (Å²) >= 11 is 6.14. The van der Waals surface area contributed by atoms with Gasteiger partial charge in [-0.1, -0.05) is 69.6 Å². The van der Waals surface area contributed by atoms with Crippen molar-refractivity contribution in [2.75, 3.05) is 16.8 Å². The Balaban J connectivity index is 1.71. The lowest BCUT2D eigenvalue weighted by Gasteiger charge is -2.40. The molecule has 1 aliphatic rings. The fourth-order valence-corrected chi connectivity index (χ4v) is 4.15. The lowest BCUT2D eigenvalue weighted by atomic mass is 9.78. The number of rotatable bonds is 4. The number of nitrogens with one attached hydrogen (secondary N) is 1. The number of fused-ring (bicyclic) bond motifs is 1. The Morgan fingerprint density at radius 1 is 1.03 bits per heavy atom. The van der Waals surface area contributed by atoms with Crippen molar-refractivity contribution in [3.05, 3.63) is 76.6 Å². The van der Waals surface area contributed by atoms with Crippen molar-refractivity contribution in [3.8, 4) is 0 Å². The quantitative estimate of drug-likeness (QED) is 0.552. The molecular weight excluding hydrogens is 380 g/mol. The molecule has 0 saturated carbocycles. The summed E-state index contributed by atoms with van der Waals surface area (Å²) in [5.74, 6) is 2.82. The van der Waals surface area contributed by atoms with Gasteiger partial charge in [-0.2, -0.15) is 0 Å². The largest absolute Gasteiger partial charge is 0.351 e. The number of hydrogen-bond acceptors (Lipinski definition) is 4. The van der Waals surface area contributed by atoms with E-state index >= 15 is 0 Å². The molecule has 0 bridgehead atoms. The molecular formula is C24H27ClN4. The van der Waals surface area contributed by atoms with Crippen LogP contribution in [0.1, 0.15) is 50.6 Å². The van der Waals surface area contributed by atoms with Crippen molar-refractivity contribution >= 4 is 28.9 Å². The molecule has 0 fully saturated rings. The Morgan fingerprint density at radius 3 is 2.59 bits per heavy atom. The first kappa shape index (κ1) is 19.7. The zero-order valence-electron chi connectivity index (χ0n) is 17.4. The van der Waals surface area contributed by atoms with E-state index in [1.54, 1.807) is 0 Å². The molecule has 3 aromatic rings. The predicted molar refractivity (Wildman–Crippen MR) is 121 cm³/mol. The molecule has 2 aromatic carbocycles. The molecule has 2 heterocycles. The molecule has 0 unspecified atom stereocenters. The van der Waals surface area contributed by atoms with Crippen LogP contribution in [0.15, 0.2) is 54.6 Å². The molecule has 1 aromatic heterocycles. The standard InChI is InChI=1S/C24H27ClN4/c1-16(2)23-27-21(26-19-10-7-9-18(25)12-19)13-22(28-23)29-14-17-8-5-6-11-20(17)24(3,4)15-29/h5-13,16H,14-15H2,1-4H3,(H,26,27,28). The van der Waals surface area contributed by atoms with Gasteiger partial charge in [0.05, 0.1) is 0 Å². The van der Waals surface area contributed by atoms with Crippen molar-refractivity contribution in [2.45, 2.75) is 45.6 Å². The second kappa shape index (κ2) is 7.68. The molecule has 1 aliphatic heterocycles. The van der Waals surface area contributed by atoms with Crippen LogP contribution in [0.3, 0.4) is 0 Å². The first-order chi connectivity index (χ1) is 13.8. The maximum Gasteiger partial charge on any atom is 0.136 e. The molecule has 0 aliphatic carbocycles. The molecule has 0 atom stereocenters. The van der Waals surface area contributed by atoms with Crippen molar-refractivity contribution in [1.82, 2.24) is 9.97 Å². The summed E-state index contributed by atoms with van der Waals surface area (Å²) in [6.07, 6.45) is 0. The minimum Gasteiger partial charge on any atom is -0.351 e. The van der Waals surface area contributed by atoms with E-state index in [-0.39, 0.29) is 11.3 Å². The number of aromatic nitrogens is 2. The van der Waals surface area contributed by atoms with E-state index < -0.39 is 0 Å². The van der Waals surface area contributed by atoms with Gasteiger partial charge >= 0.3 is 0 Å². The van der Waals surface area contributed by atoms with Gasteiger partial charge < -0.3 is 10.2 Å².